The van der Waals surface area contributed by atoms with E-state index in [1.807, 2.05) is 0 Å². The molecular weight excluding hydrogens is 381 g/mol. The van der Waals surface area contributed by atoms with E-state index in [1.54, 1.807) is 0 Å². The standard InChI is InChI=1S/C18H20F5N5/c19-10-1-4-14(20)13(7-10)12-3-2-11(8-15(12)24)27-5-6-28-16(9-27)25-26-17(28)18(21,22)23/h1,4,7,11-12,15H,2-3,5-6,8-9,24H2/t11-,12+,15-/m0/s1. The molecule has 0 radical (unpaired) electrons. The number of rotatable bonds is 2. The Morgan fingerprint density at radius 3 is 2.57 bits per heavy atom. The summed E-state index contributed by atoms with van der Waals surface area (Å²) >= 11 is 0. The molecule has 4 rings (SSSR count). The summed E-state index contributed by atoms with van der Waals surface area (Å²) in [4.78, 5) is 2.06. The molecule has 2 N–H and O–H groups in total. The second-order valence-corrected chi connectivity index (χ2v) is 7.46. The van der Waals surface area contributed by atoms with E-state index in [0.717, 1.165) is 16.7 Å². The second kappa shape index (κ2) is 7.07. The second-order valence-electron chi connectivity index (χ2n) is 7.46. The highest BCUT2D eigenvalue weighted by Gasteiger charge is 2.41. The lowest BCUT2D eigenvalue weighted by Crippen LogP contribution is -2.48. The van der Waals surface area contributed by atoms with Gasteiger partial charge in [0.15, 0.2) is 0 Å². The van der Waals surface area contributed by atoms with E-state index < -0.39 is 23.6 Å². The van der Waals surface area contributed by atoms with Crippen molar-refractivity contribution in [3.8, 4) is 0 Å². The summed E-state index contributed by atoms with van der Waals surface area (Å²) in [6, 6.07) is 3.08. The van der Waals surface area contributed by atoms with Crippen LogP contribution in [0.5, 0.6) is 0 Å². The Bertz CT molecular complexity index is 865. The molecule has 0 unspecified atom stereocenters. The third kappa shape index (κ3) is 3.50. The Morgan fingerprint density at radius 1 is 1.07 bits per heavy atom. The van der Waals surface area contributed by atoms with Crippen LogP contribution < -0.4 is 5.73 Å². The Kier molecular flexibility index (Phi) is 4.86. The smallest absolute Gasteiger partial charge is 0.327 e. The summed E-state index contributed by atoms with van der Waals surface area (Å²) in [6.45, 7) is 0.856. The molecule has 3 atom stereocenters. The van der Waals surface area contributed by atoms with Crippen molar-refractivity contribution in [1.29, 1.82) is 0 Å². The van der Waals surface area contributed by atoms with E-state index in [2.05, 4.69) is 15.1 Å². The van der Waals surface area contributed by atoms with Crippen molar-refractivity contribution in [1.82, 2.24) is 19.7 Å². The van der Waals surface area contributed by atoms with Crippen molar-refractivity contribution in [2.45, 2.75) is 56.5 Å². The topological polar surface area (TPSA) is 60.0 Å². The summed E-state index contributed by atoms with van der Waals surface area (Å²) < 4.78 is 67.6. The van der Waals surface area contributed by atoms with Crippen molar-refractivity contribution in [2.75, 3.05) is 6.54 Å². The van der Waals surface area contributed by atoms with Crippen molar-refractivity contribution in [3.63, 3.8) is 0 Å². The molecule has 0 spiro atoms. The van der Waals surface area contributed by atoms with Gasteiger partial charge >= 0.3 is 6.18 Å². The quantitative estimate of drug-likeness (QED) is 0.786. The molecule has 1 fully saturated rings. The van der Waals surface area contributed by atoms with Crippen molar-refractivity contribution < 1.29 is 22.0 Å². The average molecular weight is 401 g/mol. The maximum Gasteiger partial charge on any atom is 0.451 e. The zero-order valence-electron chi connectivity index (χ0n) is 15.0. The molecule has 2 aromatic rings. The fraction of sp³-hybridized carbons (Fsp3) is 0.556. The van der Waals surface area contributed by atoms with E-state index in [-0.39, 0.29) is 36.9 Å². The summed E-state index contributed by atoms with van der Waals surface area (Å²) in [5, 5.41) is 6.99. The van der Waals surface area contributed by atoms with Crippen molar-refractivity contribution in [3.05, 3.63) is 47.0 Å². The minimum atomic E-state index is -4.52. The van der Waals surface area contributed by atoms with Crippen LogP contribution >= 0.6 is 0 Å². The first-order chi connectivity index (χ1) is 13.2. The third-order valence-electron chi connectivity index (χ3n) is 5.78. The van der Waals surface area contributed by atoms with Gasteiger partial charge in [0.25, 0.3) is 0 Å². The number of fused-ring (bicyclic) bond motifs is 1. The first-order valence-corrected chi connectivity index (χ1v) is 9.18. The molecule has 0 bridgehead atoms. The molecule has 0 amide bonds. The maximum atomic E-state index is 14.1. The lowest BCUT2D eigenvalue weighted by Gasteiger charge is -2.41. The molecule has 1 aromatic heterocycles. The molecule has 1 aliphatic heterocycles. The van der Waals surface area contributed by atoms with E-state index in [0.29, 0.717) is 31.4 Å². The molecule has 2 aliphatic rings. The lowest BCUT2D eigenvalue weighted by molar-refractivity contribution is -0.148. The molecule has 5 nitrogen and oxygen atoms in total. The van der Waals surface area contributed by atoms with Crippen LogP contribution in [0.2, 0.25) is 0 Å². The van der Waals surface area contributed by atoms with Crippen LogP contribution in [0.25, 0.3) is 0 Å². The highest BCUT2D eigenvalue weighted by atomic mass is 19.4. The van der Waals surface area contributed by atoms with Gasteiger partial charge in [0.1, 0.15) is 17.5 Å². The number of benzene rings is 1. The molecule has 0 saturated heterocycles. The van der Waals surface area contributed by atoms with Crippen LogP contribution in [0, 0.1) is 11.6 Å². The van der Waals surface area contributed by atoms with Crippen LogP contribution in [-0.4, -0.2) is 38.3 Å². The molecule has 1 aromatic carbocycles. The van der Waals surface area contributed by atoms with E-state index in [1.165, 1.54) is 6.07 Å². The van der Waals surface area contributed by atoms with Gasteiger partial charge in [0.2, 0.25) is 5.82 Å². The van der Waals surface area contributed by atoms with Gasteiger partial charge in [-0.25, -0.2) is 8.78 Å². The molecule has 152 valence electrons. The highest BCUT2D eigenvalue weighted by molar-refractivity contribution is 5.25. The summed E-state index contributed by atoms with van der Waals surface area (Å²) in [6.07, 6.45) is -2.68. The summed E-state index contributed by atoms with van der Waals surface area (Å²) in [5.74, 6) is -1.93. The largest absolute Gasteiger partial charge is 0.451 e. The minimum absolute atomic E-state index is 0.0580. The molecule has 28 heavy (non-hydrogen) atoms. The zero-order valence-corrected chi connectivity index (χ0v) is 15.0. The molecule has 1 aliphatic carbocycles. The first kappa shape index (κ1) is 19.3. The van der Waals surface area contributed by atoms with Gasteiger partial charge in [-0.3, -0.25) is 4.90 Å². The van der Waals surface area contributed by atoms with Gasteiger partial charge in [0, 0.05) is 31.1 Å². The van der Waals surface area contributed by atoms with Gasteiger partial charge in [0.05, 0.1) is 6.54 Å². The SMILES string of the molecule is N[C@H]1C[C@@H](N2CCn3c(nnc3C(F)(F)F)C2)CC[C@@H]1c1cc(F)ccc1F. The number of nitrogens with zero attached hydrogens (tertiary/aromatic N) is 4. The van der Waals surface area contributed by atoms with Crippen LogP contribution in [-0.2, 0) is 19.3 Å². The maximum absolute atomic E-state index is 14.1. The van der Waals surface area contributed by atoms with Gasteiger partial charge in [-0.05, 0) is 43.0 Å². The van der Waals surface area contributed by atoms with Crippen molar-refractivity contribution in [2.24, 2.45) is 5.73 Å². The molecule has 1 saturated carbocycles. The Balaban J connectivity index is 1.45. The molecule has 10 heteroatoms. The van der Waals surface area contributed by atoms with Crippen LogP contribution in [0.4, 0.5) is 22.0 Å². The number of alkyl halides is 3. The van der Waals surface area contributed by atoms with Gasteiger partial charge in [-0.1, -0.05) is 0 Å². The van der Waals surface area contributed by atoms with Gasteiger partial charge in [-0.2, -0.15) is 13.2 Å². The van der Waals surface area contributed by atoms with Crippen LogP contribution in [0.15, 0.2) is 18.2 Å². The normalized spacial score (nSPS) is 26.3. The Hall–Kier alpha value is -2.07. The van der Waals surface area contributed by atoms with E-state index in [9.17, 15) is 22.0 Å². The number of hydrogen-bond donors (Lipinski definition) is 1. The van der Waals surface area contributed by atoms with Crippen LogP contribution in [0.1, 0.15) is 42.4 Å². The van der Waals surface area contributed by atoms with Gasteiger partial charge in [-0.15, -0.1) is 10.2 Å². The fourth-order valence-corrected chi connectivity index (χ4v) is 4.40. The highest BCUT2D eigenvalue weighted by Crippen LogP contribution is 2.37. The summed E-state index contributed by atoms with van der Waals surface area (Å²) in [7, 11) is 0. The summed E-state index contributed by atoms with van der Waals surface area (Å²) in [5.41, 5.74) is 6.58. The molecule has 2 heterocycles. The average Bonchev–Trinajstić information content (AvgIpc) is 3.07. The Labute approximate surface area is 158 Å². The Morgan fingerprint density at radius 2 is 1.86 bits per heavy atom. The third-order valence-corrected chi connectivity index (χ3v) is 5.78. The monoisotopic (exact) mass is 401 g/mol. The van der Waals surface area contributed by atoms with E-state index in [4.69, 9.17) is 5.73 Å². The van der Waals surface area contributed by atoms with Crippen LogP contribution in [0.3, 0.4) is 0 Å². The predicted molar refractivity (Wildman–Crippen MR) is 90.1 cm³/mol. The number of nitrogens with two attached hydrogens (primary N) is 1. The predicted octanol–water partition coefficient (Wildman–Crippen LogP) is 3.05. The number of aromatic nitrogens is 3. The van der Waals surface area contributed by atoms with E-state index >= 15 is 0 Å². The first-order valence-electron chi connectivity index (χ1n) is 9.18. The van der Waals surface area contributed by atoms with Crippen molar-refractivity contribution >= 4 is 0 Å². The fourth-order valence-electron chi connectivity index (χ4n) is 4.40. The number of halogens is 5. The van der Waals surface area contributed by atoms with Gasteiger partial charge < -0.3 is 10.3 Å². The molecular formula is C18H20F5N5. The number of hydrogen-bond acceptors (Lipinski definition) is 4. The minimum Gasteiger partial charge on any atom is -0.327 e. The zero-order chi connectivity index (χ0) is 20.1. The lowest BCUT2D eigenvalue weighted by atomic mass is 9.77.